The molecule has 0 aromatic heterocycles. The largest absolute Gasteiger partial charge is 0.417 e. The van der Waals surface area contributed by atoms with Crippen LogP contribution in [0.15, 0.2) is 0 Å². The Labute approximate surface area is 80.1 Å². The summed E-state index contributed by atoms with van der Waals surface area (Å²) in [5.41, 5.74) is -2.64. The fraction of sp³-hybridized carbons (Fsp3) is 0.889. The van der Waals surface area contributed by atoms with Crippen LogP contribution in [0.4, 0.5) is 13.2 Å². The van der Waals surface area contributed by atoms with Gasteiger partial charge in [0.05, 0.1) is 0 Å². The van der Waals surface area contributed by atoms with E-state index in [0.717, 1.165) is 0 Å². The average Bonchev–Trinajstić information content (AvgIpc) is 2.31. The van der Waals surface area contributed by atoms with E-state index in [0.29, 0.717) is 6.42 Å². The molecule has 0 amide bonds. The fourth-order valence-electron chi connectivity index (χ4n) is 2.05. The van der Waals surface area contributed by atoms with Crippen LogP contribution in [0.2, 0.25) is 0 Å². The van der Waals surface area contributed by atoms with Gasteiger partial charge in [-0.25, -0.2) is 0 Å². The molecule has 82 valence electrons. The minimum absolute atomic E-state index is 0.185. The molecule has 1 N–H and O–H groups in total. The molecule has 2 unspecified atom stereocenters. The van der Waals surface area contributed by atoms with Crippen LogP contribution in [0.5, 0.6) is 0 Å². The maximum absolute atomic E-state index is 12.5. The van der Waals surface area contributed by atoms with Gasteiger partial charge in [-0.05, 0) is 26.2 Å². The SMILES string of the molecule is CC(=O)CC1CCCC1(O)C(F)(F)F. The van der Waals surface area contributed by atoms with Crippen molar-refractivity contribution in [3.63, 3.8) is 0 Å². The van der Waals surface area contributed by atoms with Gasteiger partial charge in [0.15, 0.2) is 5.60 Å². The van der Waals surface area contributed by atoms with E-state index in [-0.39, 0.29) is 25.0 Å². The van der Waals surface area contributed by atoms with Crippen molar-refractivity contribution >= 4 is 5.78 Å². The lowest BCUT2D eigenvalue weighted by molar-refractivity contribution is -0.272. The molecular weight excluding hydrogens is 197 g/mol. The summed E-state index contributed by atoms with van der Waals surface area (Å²) in [6.45, 7) is 1.25. The van der Waals surface area contributed by atoms with Gasteiger partial charge in [0.25, 0.3) is 0 Å². The van der Waals surface area contributed by atoms with Gasteiger partial charge in [-0.1, -0.05) is 0 Å². The molecule has 0 aromatic rings. The van der Waals surface area contributed by atoms with Gasteiger partial charge in [-0.2, -0.15) is 13.2 Å². The summed E-state index contributed by atoms with van der Waals surface area (Å²) >= 11 is 0. The van der Waals surface area contributed by atoms with E-state index in [9.17, 15) is 23.1 Å². The molecule has 0 bridgehead atoms. The first-order valence-electron chi connectivity index (χ1n) is 4.56. The second-order valence-electron chi connectivity index (χ2n) is 3.92. The lowest BCUT2D eigenvalue weighted by Crippen LogP contribution is -2.48. The van der Waals surface area contributed by atoms with Crippen LogP contribution >= 0.6 is 0 Å². The van der Waals surface area contributed by atoms with Crippen molar-refractivity contribution in [3.05, 3.63) is 0 Å². The minimum Gasteiger partial charge on any atom is -0.380 e. The quantitative estimate of drug-likeness (QED) is 0.757. The molecular formula is C9H13F3O2. The Morgan fingerprint density at radius 3 is 2.57 bits per heavy atom. The molecule has 5 heteroatoms. The van der Waals surface area contributed by atoms with Crippen molar-refractivity contribution in [1.29, 1.82) is 0 Å². The van der Waals surface area contributed by atoms with Gasteiger partial charge in [0.1, 0.15) is 5.78 Å². The first kappa shape index (κ1) is 11.5. The molecule has 2 atom stereocenters. The Bertz CT molecular complexity index is 237. The van der Waals surface area contributed by atoms with Gasteiger partial charge in [-0.3, -0.25) is 0 Å². The van der Waals surface area contributed by atoms with Crippen LogP contribution in [-0.2, 0) is 4.79 Å². The molecule has 0 saturated heterocycles. The zero-order chi connectivity index (χ0) is 11.0. The van der Waals surface area contributed by atoms with Crippen LogP contribution < -0.4 is 0 Å². The normalized spacial score (nSPS) is 33.4. The number of carbonyl (C=O) groups excluding carboxylic acids is 1. The van der Waals surface area contributed by atoms with E-state index in [2.05, 4.69) is 0 Å². The Hall–Kier alpha value is -0.580. The van der Waals surface area contributed by atoms with Crippen molar-refractivity contribution in [2.45, 2.75) is 44.4 Å². The number of ketones is 1. The van der Waals surface area contributed by atoms with Crippen molar-refractivity contribution in [3.8, 4) is 0 Å². The predicted molar refractivity (Wildman–Crippen MR) is 43.6 cm³/mol. The molecule has 0 radical (unpaired) electrons. The first-order valence-corrected chi connectivity index (χ1v) is 4.56. The van der Waals surface area contributed by atoms with Crippen molar-refractivity contribution in [2.24, 2.45) is 5.92 Å². The standard InChI is InChI=1S/C9H13F3O2/c1-6(13)5-7-3-2-4-8(7,14)9(10,11)12/h7,14H,2-5H2,1H3. The third kappa shape index (κ3) is 1.92. The fourth-order valence-corrected chi connectivity index (χ4v) is 2.05. The Balaban J connectivity index is 2.81. The molecule has 2 nitrogen and oxygen atoms in total. The summed E-state index contributed by atoms with van der Waals surface area (Å²) in [7, 11) is 0. The average molecular weight is 210 g/mol. The van der Waals surface area contributed by atoms with Crippen LogP contribution in [0.3, 0.4) is 0 Å². The second kappa shape index (κ2) is 3.53. The molecule has 0 aromatic carbocycles. The predicted octanol–water partition coefficient (Wildman–Crippen LogP) is 2.06. The highest BCUT2D eigenvalue weighted by molar-refractivity contribution is 5.75. The van der Waals surface area contributed by atoms with Gasteiger partial charge in [0, 0.05) is 12.3 Å². The molecule has 14 heavy (non-hydrogen) atoms. The lowest BCUT2D eigenvalue weighted by atomic mass is 9.86. The zero-order valence-corrected chi connectivity index (χ0v) is 7.90. The highest BCUT2D eigenvalue weighted by atomic mass is 19.4. The molecule has 0 spiro atoms. The van der Waals surface area contributed by atoms with Crippen LogP contribution in [0.25, 0.3) is 0 Å². The van der Waals surface area contributed by atoms with E-state index < -0.39 is 17.7 Å². The Morgan fingerprint density at radius 1 is 1.57 bits per heavy atom. The summed E-state index contributed by atoms with van der Waals surface area (Å²) in [6.07, 6.45) is -4.49. The number of alkyl halides is 3. The van der Waals surface area contributed by atoms with Crippen molar-refractivity contribution in [1.82, 2.24) is 0 Å². The Kier molecular flexibility index (Phi) is 2.90. The third-order valence-electron chi connectivity index (χ3n) is 2.81. The molecule has 1 aliphatic carbocycles. The lowest BCUT2D eigenvalue weighted by Gasteiger charge is -2.31. The van der Waals surface area contributed by atoms with Crippen LogP contribution in [-0.4, -0.2) is 22.7 Å². The summed E-state index contributed by atoms with van der Waals surface area (Å²) in [4.78, 5) is 10.7. The molecule has 0 heterocycles. The summed E-state index contributed by atoms with van der Waals surface area (Å²) in [6, 6.07) is 0. The van der Waals surface area contributed by atoms with Gasteiger partial charge in [0.2, 0.25) is 0 Å². The number of carbonyl (C=O) groups is 1. The Morgan fingerprint density at radius 2 is 2.14 bits per heavy atom. The van der Waals surface area contributed by atoms with E-state index in [1.54, 1.807) is 0 Å². The zero-order valence-electron chi connectivity index (χ0n) is 7.90. The van der Waals surface area contributed by atoms with E-state index in [4.69, 9.17) is 0 Å². The van der Waals surface area contributed by atoms with Gasteiger partial charge < -0.3 is 9.90 Å². The number of halogens is 3. The van der Waals surface area contributed by atoms with E-state index in [1.165, 1.54) is 6.92 Å². The maximum Gasteiger partial charge on any atom is 0.417 e. The van der Waals surface area contributed by atoms with Crippen molar-refractivity contribution in [2.75, 3.05) is 0 Å². The number of Topliss-reactive ketones (excluding diaryl/α,β-unsaturated/α-hetero) is 1. The molecule has 0 aliphatic heterocycles. The van der Waals surface area contributed by atoms with Gasteiger partial charge >= 0.3 is 6.18 Å². The highest BCUT2D eigenvalue weighted by Gasteiger charge is 2.60. The number of hydrogen-bond donors (Lipinski definition) is 1. The number of hydrogen-bond acceptors (Lipinski definition) is 2. The monoisotopic (exact) mass is 210 g/mol. The molecule has 1 saturated carbocycles. The molecule has 1 fully saturated rings. The first-order chi connectivity index (χ1) is 6.27. The number of rotatable bonds is 2. The minimum atomic E-state index is -4.62. The van der Waals surface area contributed by atoms with Crippen LogP contribution in [0, 0.1) is 5.92 Å². The number of aliphatic hydroxyl groups is 1. The summed E-state index contributed by atoms with van der Waals surface area (Å²) < 4.78 is 37.5. The molecule has 1 rings (SSSR count). The van der Waals surface area contributed by atoms with Gasteiger partial charge in [-0.15, -0.1) is 0 Å². The topological polar surface area (TPSA) is 37.3 Å². The van der Waals surface area contributed by atoms with E-state index >= 15 is 0 Å². The smallest absolute Gasteiger partial charge is 0.380 e. The van der Waals surface area contributed by atoms with Crippen molar-refractivity contribution < 1.29 is 23.1 Å². The second-order valence-corrected chi connectivity index (χ2v) is 3.92. The third-order valence-corrected chi connectivity index (χ3v) is 2.81. The summed E-state index contributed by atoms with van der Waals surface area (Å²) in [5.74, 6) is -1.26. The van der Waals surface area contributed by atoms with E-state index in [1.807, 2.05) is 0 Å². The summed E-state index contributed by atoms with van der Waals surface area (Å²) in [5, 5.41) is 9.46. The highest BCUT2D eigenvalue weighted by Crippen LogP contribution is 2.48. The van der Waals surface area contributed by atoms with Crippen LogP contribution in [0.1, 0.15) is 32.6 Å². The maximum atomic E-state index is 12.5. The molecule has 1 aliphatic rings.